The summed E-state index contributed by atoms with van der Waals surface area (Å²) in [4.78, 5) is 26.9. The van der Waals surface area contributed by atoms with Gasteiger partial charge in [0.05, 0.1) is 6.54 Å². The van der Waals surface area contributed by atoms with Crippen molar-refractivity contribution in [2.45, 2.75) is 45.8 Å². The lowest BCUT2D eigenvalue weighted by Gasteiger charge is -2.37. The van der Waals surface area contributed by atoms with Crippen LogP contribution in [-0.2, 0) is 16.1 Å². The summed E-state index contributed by atoms with van der Waals surface area (Å²) in [5.41, 5.74) is 1.18. The standard InChI is InChI=1S/C13H18N2O2S/c1-4-10-13(17)15(9(3)12(16)14-10)7-11-8(2)5-6-18-11/h5-6,9-10H,4,7H2,1-3H3,(H,14,16). The molecule has 1 saturated heterocycles. The quantitative estimate of drug-likeness (QED) is 0.905. The normalized spacial score (nSPS) is 24.3. The number of hydrogen-bond donors (Lipinski definition) is 1. The molecule has 1 aliphatic heterocycles. The molecule has 1 fully saturated rings. The molecule has 1 aliphatic rings. The van der Waals surface area contributed by atoms with Gasteiger partial charge in [0.1, 0.15) is 12.1 Å². The number of amides is 2. The minimum Gasteiger partial charge on any atom is -0.343 e. The molecule has 0 spiro atoms. The van der Waals surface area contributed by atoms with Gasteiger partial charge in [0.25, 0.3) is 0 Å². The van der Waals surface area contributed by atoms with Crippen molar-refractivity contribution in [1.29, 1.82) is 0 Å². The van der Waals surface area contributed by atoms with E-state index in [4.69, 9.17) is 0 Å². The van der Waals surface area contributed by atoms with Crippen LogP contribution >= 0.6 is 11.3 Å². The molecule has 4 nitrogen and oxygen atoms in total. The molecule has 5 heteroatoms. The Morgan fingerprint density at radius 2 is 2.17 bits per heavy atom. The highest BCUT2D eigenvalue weighted by Gasteiger charge is 2.37. The predicted octanol–water partition coefficient (Wildman–Crippen LogP) is 1.68. The van der Waals surface area contributed by atoms with Crippen LogP contribution in [0.5, 0.6) is 0 Å². The number of nitrogens with one attached hydrogen (secondary N) is 1. The molecular formula is C13H18N2O2S. The Labute approximate surface area is 111 Å². The summed E-state index contributed by atoms with van der Waals surface area (Å²) in [6.45, 7) is 6.26. The Hall–Kier alpha value is -1.36. The fraction of sp³-hybridized carbons (Fsp3) is 0.538. The average Bonchev–Trinajstić information content (AvgIpc) is 2.75. The first-order valence-corrected chi connectivity index (χ1v) is 7.06. The highest BCUT2D eigenvalue weighted by atomic mass is 32.1. The van der Waals surface area contributed by atoms with E-state index in [1.54, 1.807) is 23.2 Å². The Kier molecular flexibility index (Phi) is 3.71. The topological polar surface area (TPSA) is 49.4 Å². The van der Waals surface area contributed by atoms with Gasteiger partial charge in [-0.1, -0.05) is 6.92 Å². The summed E-state index contributed by atoms with van der Waals surface area (Å²) < 4.78 is 0. The maximum absolute atomic E-state index is 12.3. The molecule has 2 unspecified atom stereocenters. The predicted molar refractivity (Wildman–Crippen MR) is 71.3 cm³/mol. The third-order valence-corrected chi connectivity index (χ3v) is 4.44. The van der Waals surface area contributed by atoms with Gasteiger partial charge in [-0.15, -0.1) is 11.3 Å². The molecule has 2 amide bonds. The molecule has 1 aromatic rings. The van der Waals surface area contributed by atoms with Crippen LogP contribution in [0.4, 0.5) is 0 Å². The molecule has 2 rings (SSSR count). The maximum Gasteiger partial charge on any atom is 0.246 e. The Morgan fingerprint density at radius 3 is 2.72 bits per heavy atom. The van der Waals surface area contributed by atoms with E-state index in [-0.39, 0.29) is 23.9 Å². The molecule has 0 aromatic carbocycles. The molecule has 0 bridgehead atoms. The summed E-state index contributed by atoms with van der Waals surface area (Å²) in [6.07, 6.45) is 0.636. The van der Waals surface area contributed by atoms with Gasteiger partial charge in [-0.05, 0) is 37.3 Å². The van der Waals surface area contributed by atoms with Crippen molar-refractivity contribution in [3.05, 3.63) is 21.9 Å². The van der Waals surface area contributed by atoms with E-state index in [9.17, 15) is 9.59 Å². The van der Waals surface area contributed by atoms with Crippen molar-refractivity contribution in [3.63, 3.8) is 0 Å². The number of carbonyl (C=O) groups is 2. The number of rotatable bonds is 3. The minimum absolute atomic E-state index is 0.0254. The fourth-order valence-corrected chi connectivity index (χ4v) is 3.00. The van der Waals surface area contributed by atoms with E-state index in [1.165, 1.54) is 5.56 Å². The molecule has 0 radical (unpaired) electrons. The smallest absolute Gasteiger partial charge is 0.246 e. The number of aryl methyl sites for hydroxylation is 1. The molecule has 2 heterocycles. The first-order chi connectivity index (χ1) is 8.54. The third-order valence-electron chi connectivity index (χ3n) is 3.43. The molecule has 98 valence electrons. The van der Waals surface area contributed by atoms with Gasteiger partial charge in [0.15, 0.2) is 0 Å². The van der Waals surface area contributed by atoms with Gasteiger partial charge in [-0.2, -0.15) is 0 Å². The monoisotopic (exact) mass is 266 g/mol. The van der Waals surface area contributed by atoms with Gasteiger partial charge < -0.3 is 10.2 Å². The lowest BCUT2D eigenvalue weighted by molar-refractivity contribution is -0.149. The van der Waals surface area contributed by atoms with Crippen LogP contribution in [0.15, 0.2) is 11.4 Å². The van der Waals surface area contributed by atoms with Gasteiger partial charge in [-0.3, -0.25) is 9.59 Å². The lowest BCUT2D eigenvalue weighted by Crippen LogP contribution is -2.61. The van der Waals surface area contributed by atoms with Gasteiger partial charge in [0, 0.05) is 4.88 Å². The highest BCUT2D eigenvalue weighted by molar-refractivity contribution is 7.10. The molecule has 18 heavy (non-hydrogen) atoms. The van der Waals surface area contributed by atoms with Gasteiger partial charge in [0.2, 0.25) is 11.8 Å². The summed E-state index contributed by atoms with van der Waals surface area (Å²) in [5, 5.41) is 4.78. The Bertz CT molecular complexity index is 469. The molecule has 0 aliphatic carbocycles. The van der Waals surface area contributed by atoms with Crippen molar-refractivity contribution < 1.29 is 9.59 Å². The van der Waals surface area contributed by atoms with Crippen molar-refractivity contribution in [2.24, 2.45) is 0 Å². The van der Waals surface area contributed by atoms with Crippen LogP contribution in [0.1, 0.15) is 30.7 Å². The largest absolute Gasteiger partial charge is 0.343 e. The first kappa shape index (κ1) is 13.1. The zero-order valence-corrected chi connectivity index (χ0v) is 11.7. The van der Waals surface area contributed by atoms with Crippen molar-refractivity contribution in [1.82, 2.24) is 10.2 Å². The van der Waals surface area contributed by atoms with E-state index in [2.05, 4.69) is 5.32 Å². The zero-order valence-electron chi connectivity index (χ0n) is 10.9. The average molecular weight is 266 g/mol. The van der Waals surface area contributed by atoms with Crippen LogP contribution in [0.2, 0.25) is 0 Å². The lowest BCUT2D eigenvalue weighted by atomic mass is 10.1. The van der Waals surface area contributed by atoms with E-state index in [0.29, 0.717) is 13.0 Å². The summed E-state index contributed by atoms with van der Waals surface area (Å²) in [7, 11) is 0. The number of hydrogen-bond acceptors (Lipinski definition) is 3. The van der Waals surface area contributed by atoms with Crippen LogP contribution < -0.4 is 5.32 Å². The fourth-order valence-electron chi connectivity index (χ4n) is 2.10. The van der Waals surface area contributed by atoms with Crippen LogP contribution in [0, 0.1) is 6.92 Å². The number of nitrogens with zero attached hydrogens (tertiary/aromatic N) is 1. The van der Waals surface area contributed by atoms with Crippen LogP contribution in [-0.4, -0.2) is 28.8 Å². The van der Waals surface area contributed by atoms with Crippen LogP contribution in [0.3, 0.4) is 0 Å². The molecule has 1 N–H and O–H groups in total. The number of thiophene rings is 1. The number of piperazine rings is 1. The summed E-state index contributed by atoms with van der Waals surface area (Å²) >= 11 is 1.63. The van der Waals surface area contributed by atoms with Crippen molar-refractivity contribution in [2.75, 3.05) is 0 Å². The van der Waals surface area contributed by atoms with E-state index in [1.807, 2.05) is 25.3 Å². The number of carbonyl (C=O) groups excluding carboxylic acids is 2. The first-order valence-electron chi connectivity index (χ1n) is 6.18. The molecule has 1 aromatic heterocycles. The second-order valence-electron chi connectivity index (χ2n) is 4.64. The summed E-state index contributed by atoms with van der Waals surface area (Å²) in [6, 6.07) is 1.28. The van der Waals surface area contributed by atoms with Gasteiger partial charge >= 0.3 is 0 Å². The molecular weight excluding hydrogens is 248 g/mol. The zero-order chi connectivity index (χ0) is 13.3. The summed E-state index contributed by atoms with van der Waals surface area (Å²) in [5.74, 6) is -0.0342. The molecule has 2 atom stereocenters. The minimum atomic E-state index is -0.387. The van der Waals surface area contributed by atoms with Crippen LogP contribution in [0.25, 0.3) is 0 Å². The van der Waals surface area contributed by atoms with E-state index >= 15 is 0 Å². The maximum atomic E-state index is 12.3. The van der Waals surface area contributed by atoms with Crippen molar-refractivity contribution >= 4 is 23.2 Å². The Morgan fingerprint density at radius 1 is 1.44 bits per heavy atom. The third kappa shape index (κ3) is 2.27. The second-order valence-corrected chi connectivity index (χ2v) is 5.64. The SMILES string of the molecule is CCC1NC(=O)C(C)N(Cc2sccc2C)C1=O. The van der Waals surface area contributed by atoms with E-state index in [0.717, 1.165) is 4.88 Å². The van der Waals surface area contributed by atoms with E-state index < -0.39 is 0 Å². The van der Waals surface area contributed by atoms with Gasteiger partial charge in [-0.25, -0.2) is 0 Å². The highest BCUT2D eigenvalue weighted by Crippen LogP contribution is 2.21. The molecule has 0 saturated carbocycles. The second kappa shape index (κ2) is 5.10. The van der Waals surface area contributed by atoms with Crippen molar-refractivity contribution in [3.8, 4) is 0 Å². The Balaban J connectivity index is 2.21.